The lowest BCUT2D eigenvalue weighted by Gasteiger charge is -2.20. The Morgan fingerprint density at radius 3 is 2.70 bits per heavy atom. The Morgan fingerprint density at radius 1 is 1.40 bits per heavy atom. The Morgan fingerprint density at radius 2 is 2.15 bits per heavy atom. The van der Waals surface area contributed by atoms with Gasteiger partial charge in [-0.15, -0.1) is 0 Å². The fraction of sp³-hybridized carbons (Fsp3) is 0.533. The minimum absolute atomic E-state index is 0.00790. The van der Waals surface area contributed by atoms with Gasteiger partial charge in [0.05, 0.1) is 20.3 Å². The van der Waals surface area contributed by atoms with Gasteiger partial charge in [0.15, 0.2) is 17.3 Å². The van der Waals surface area contributed by atoms with Gasteiger partial charge in [-0.3, -0.25) is 9.69 Å². The number of nitrogens with zero attached hydrogens (tertiary/aromatic N) is 1. The number of aliphatic hydroxyl groups is 1. The van der Waals surface area contributed by atoms with Crippen molar-refractivity contribution < 1.29 is 19.0 Å². The summed E-state index contributed by atoms with van der Waals surface area (Å²) in [5, 5.41) is 9.00. The number of ketones is 1. The molecule has 1 N–H and O–H groups in total. The Kier molecular flexibility index (Phi) is 7.18. The van der Waals surface area contributed by atoms with E-state index < -0.39 is 5.82 Å². The van der Waals surface area contributed by atoms with Crippen LogP contribution in [-0.2, 0) is 0 Å². The number of carbonyl (C=O) groups excluding carboxylic acids is 1. The van der Waals surface area contributed by atoms with Crippen molar-refractivity contribution in [3.8, 4) is 5.75 Å². The molecule has 0 aromatic heterocycles. The molecule has 1 rings (SSSR count). The quantitative estimate of drug-likeness (QED) is 0.705. The summed E-state index contributed by atoms with van der Waals surface area (Å²) in [5.74, 6) is -0.573. The third kappa shape index (κ3) is 4.90. The number of ether oxygens (including phenoxy) is 1. The van der Waals surface area contributed by atoms with Crippen LogP contribution in [0, 0.1) is 5.82 Å². The average Bonchev–Trinajstić information content (AvgIpc) is 2.44. The van der Waals surface area contributed by atoms with Gasteiger partial charge in [-0.1, -0.05) is 13.3 Å². The number of halogens is 1. The second-order valence-electron chi connectivity index (χ2n) is 4.63. The van der Waals surface area contributed by atoms with Gasteiger partial charge < -0.3 is 9.84 Å². The number of rotatable bonds is 9. The molecule has 1 aromatic rings. The van der Waals surface area contributed by atoms with Crippen LogP contribution in [0.2, 0.25) is 0 Å². The highest BCUT2D eigenvalue weighted by atomic mass is 19.1. The summed E-state index contributed by atoms with van der Waals surface area (Å²) in [6.07, 6.45) is 1.98. The van der Waals surface area contributed by atoms with E-state index in [1.807, 2.05) is 4.90 Å². The van der Waals surface area contributed by atoms with Crippen molar-refractivity contribution in [3.05, 3.63) is 29.6 Å². The molecule has 5 heteroatoms. The first-order valence-electron chi connectivity index (χ1n) is 6.82. The third-order valence-electron chi connectivity index (χ3n) is 3.09. The van der Waals surface area contributed by atoms with Gasteiger partial charge in [0.25, 0.3) is 0 Å². The van der Waals surface area contributed by atoms with Crippen LogP contribution < -0.4 is 4.74 Å². The minimum Gasteiger partial charge on any atom is -0.494 e. The van der Waals surface area contributed by atoms with Gasteiger partial charge in [-0.2, -0.15) is 0 Å². The van der Waals surface area contributed by atoms with E-state index in [4.69, 9.17) is 9.84 Å². The van der Waals surface area contributed by atoms with Crippen LogP contribution in [0.1, 0.15) is 30.1 Å². The molecule has 0 aliphatic heterocycles. The zero-order valence-electron chi connectivity index (χ0n) is 12.1. The molecule has 1 aromatic carbocycles. The molecule has 0 fully saturated rings. The number of Topliss-reactive ketones (excluding diaryl/α,β-unsaturated/α-hetero) is 1. The fourth-order valence-corrected chi connectivity index (χ4v) is 1.93. The van der Waals surface area contributed by atoms with Crippen molar-refractivity contribution in [1.82, 2.24) is 4.90 Å². The van der Waals surface area contributed by atoms with Gasteiger partial charge in [0.1, 0.15) is 0 Å². The maximum Gasteiger partial charge on any atom is 0.176 e. The highest BCUT2D eigenvalue weighted by Gasteiger charge is 2.14. The molecule has 0 aliphatic carbocycles. The van der Waals surface area contributed by atoms with Crippen LogP contribution in [0.15, 0.2) is 18.2 Å². The zero-order chi connectivity index (χ0) is 15.0. The minimum atomic E-state index is -0.541. The first-order chi connectivity index (χ1) is 9.62. The number of unbranched alkanes of at least 4 members (excludes halogenated alkanes) is 1. The van der Waals surface area contributed by atoms with Gasteiger partial charge in [0, 0.05) is 12.1 Å². The Labute approximate surface area is 119 Å². The van der Waals surface area contributed by atoms with Crippen molar-refractivity contribution in [2.75, 3.05) is 33.4 Å². The van der Waals surface area contributed by atoms with E-state index in [0.29, 0.717) is 12.1 Å². The van der Waals surface area contributed by atoms with E-state index in [1.54, 1.807) is 6.07 Å². The molecule has 0 atom stereocenters. The molecule has 0 saturated heterocycles. The number of aliphatic hydroxyl groups excluding tert-OH is 1. The van der Waals surface area contributed by atoms with Crippen molar-refractivity contribution in [1.29, 1.82) is 0 Å². The lowest BCUT2D eigenvalue weighted by atomic mass is 10.1. The molecule has 0 saturated carbocycles. The Hall–Kier alpha value is -1.46. The predicted octanol–water partition coefficient (Wildman–Crippen LogP) is 2.11. The van der Waals surface area contributed by atoms with E-state index in [1.165, 1.54) is 19.2 Å². The molecule has 4 nitrogen and oxygen atoms in total. The smallest absolute Gasteiger partial charge is 0.176 e. The summed E-state index contributed by atoms with van der Waals surface area (Å²) in [7, 11) is 1.38. The summed E-state index contributed by atoms with van der Waals surface area (Å²) in [5.41, 5.74) is 0.322. The first kappa shape index (κ1) is 16.6. The molecule has 20 heavy (non-hydrogen) atoms. The van der Waals surface area contributed by atoms with Gasteiger partial charge >= 0.3 is 0 Å². The largest absolute Gasteiger partial charge is 0.494 e. The first-order valence-corrected chi connectivity index (χ1v) is 6.82. The maximum atomic E-state index is 13.6. The second-order valence-corrected chi connectivity index (χ2v) is 4.63. The average molecular weight is 283 g/mol. The number of methoxy groups -OCH3 is 1. The number of hydrogen-bond donors (Lipinski definition) is 1. The molecule has 112 valence electrons. The zero-order valence-corrected chi connectivity index (χ0v) is 12.1. The highest BCUT2D eigenvalue weighted by molar-refractivity contribution is 5.97. The third-order valence-corrected chi connectivity index (χ3v) is 3.09. The van der Waals surface area contributed by atoms with E-state index in [0.717, 1.165) is 19.4 Å². The highest BCUT2D eigenvalue weighted by Crippen LogP contribution is 2.18. The molecular weight excluding hydrogens is 261 g/mol. The molecule has 0 heterocycles. The lowest BCUT2D eigenvalue weighted by molar-refractivity contribution is 0.0913. The Bertz CT molecular complexity index is 437. The van der Waals surface area contributed by atoms with Crippen LogP contribution in [0.4, 0.5) is 4.39 Å². The van der Waals surface area contributed by atoms with Gasteiger partial charge in [-0.05, 0) is 31.2 Å². The molecule has 0 aliphatic rings. The van der Waals surface area contributed by atoms with Crippen LogP contribution in [0.5, 0.6) is 5.75 Å². The molecular formula is C15H22FNO3. The molecule has 0 bridgehead atoms. The molecule has 0 amide bonds. The lowest BCUT2D eigenvalue weighted by Crippen LogP contribution is -2.33. The van der Waals surface area contributed by atoms with E-state index >= 15 is 0 Å². The van der Waals surface area contributed by atoms with Crippen LogP contribution in [-0.4, -0.2) is 49.1 Å². The van der Waals surface area contributed by atoms with Crippen molar-refractivity contribution >= 4 is 5.78 Å². The Balaban J connectivity index is 2.70. The van der Waals surface area contributed by atoms with E-state index in [2.05, 4.69) is 6.92 Å². The topological polar surface area (TPSA) is 49.8 Å². The standard InChI is InChI=1S/C15H22FNO3/c1-3-4-7-17(8-9-18)11-14(19)12-5-6-15(20-2)13(16)10-12/h5-6,10,18H,3-4,7-9,11H2,1-2H3. The normalized spacial score (nSPS) is 10.8. The second kappa shape index (κ2) is 8.66. The van der Waals surface area contributed by atoms with Crippen LogP contribution in [0.25, 0.3) is 0 Å². The molecule has 0 spiro atoms. The maximum absolute atomic E-state index is 13.6. The summed E-state index contributed by atoms with van der Waals surface area (Å²) in [4.78, 5) is 14.0. The van der Waals surface area contributed by atoms with E-state index in [9.17, 15) is 9.18 Å². The SMILES string of the molecule is CCCCN(CCO)CC(=O)c1ccc(OC)c(F)c1. The summed E-state index contributed by atoms with van der Waals surface area (Å²) < 4.78 is 18.4. The van der Waals surface area contributed by atoms with Crippen molar-refractivity contribution in [2.24, 2.45) is 0 Å². The molecule has 0 radical (unpaired) electrons. The predicted molar refractivity (Wildman–Crippen MR) is 75.7 cm³/mol. The van der Waals surface area contributed by atoms with Gasteiger partial charge in [-0.25, -0.2) is 4.39 Å². The monoisotopic (exact) mass is 283 g/mol. The molecule has 0 unspecified atom stereocenters. The fourth-order valence-electron chi connectivity index (χ4n) is 1.93. The number of carbonyl (C=O) groups is 1. The van der Waals surface area contributed by atoms with Crippen LogP contribution in [0.3, 0.4) is 0 Å². The van der Waals surface area contributed by atoms with Crippen molar-refractivity contribution in [3.63, 3.8) is 0 Å². The number of benzene rings is 1. The van der Waals surface area contributed by atoms with Crippen molar-refractivity contribution in [2.45, 2.75) is 19.8 Å². The summed E-state index contributed by atoms with van der Waals surface area (Å²) >= 11 is 0. The summed E-state index contributed by atoms with van der Waals surface area (Å²) in [6.45, 7) is 3.46. The van der Waals surface area contributed by atoms with Crippen LogP contribution >= 0.6 is 0 Å². The summed E-state index contributed by atoms with van der Waals surface area (Å²) in [6, 6.07) is 4.20. The van der Waals surface area contributed by atoms with E-state index in [-0.39, 0.29) is 24.7 Å². The number of hydrogen-bond acceptors (Lipinski definition) is 4. The van der Waals surface area contributed by atoms with Gasteiger partial charge in [0.2, 0.25) is 0 Å².